The van der Waals surface area contributed by atoms with Crippen LogP contribution in [0.25, 0.3) is 0 Å². The number of benzene rings is 2. The summed E-state index contributed by atoms with van der Waals surface area (Å²) in [5.41, 5.74) is 1.34. The Morgan fingerprint density at radius 2 is 1.65 bits per heavy atom. The standard InChI is InChI=1S/C15H10O5/c16-7-2-4-11-10(5-7)13-14(19-11)9-3-1-8(17)6-12(9)20-15(13)18/h1-6,13-14,16-17H/t13-,14+/m1/s1. The summed E-state index contributed by atoms with van der Waals surface area (Å²) < 4.78 is 11.1. The zero-order chi connectivity index (χ0) is 13.9. The normalized spacial score (nSPS) is 22.3. The fraction of sp³-hybridized carbons (Fsp3) is 0.133. The molecule has 0 fully saturated rings. The minimum absolute atomic E-state index is 0.0307. The molecule has 2 N–H and O–H groups in total. The number of carbonyl (C=O) groups excluding carboxylic acids is 1. The molecule has 2 heterocycles. The lowest BCUT2D eigenvalue weighted by atomic mass is 9.88. The van der Waals surface area contributed by atoms with E-state index in [2.05, 4.69) is 0 Å². The topological polar surface area (TPSA) is 76.0 Å². The van der Waals surface area contributed by atoms with Gasteiger partial charge in [-0.15, -0.1) is 0 Å². The molecule has 2 aliphatic heterocycles. The fourth-order valence-corrected chi connectivity index (χ4v) is 2.77. The third-order valence-corrected chi connectivity index (χ3v) is 3.65. The molecule has 0 saturated carbocycles. The third-order valence-electron chi connectivity index (χ3n) is 3.65. The molecule has 2 aromatic rings. The molecule has 0 saturated heterocycles. The van der Waals surface area contributed by atoms with Crippen LogP contribution in [0.5, 0.6) is 23.0 Å². The minimum Gasteiger partial charge on any atom is -0.508 e. The maximum atomic E-state index is 12.2. The van der Waals surface area contributed by atoms with E-state index in [1.807, 2.05) is 0 Å². The van der Waals surface area contributed by atoms with Crippen LogP contribution in [-0.2, 0) is 4.79 Å². The molecule has 2 atom stereocenters. The quantitative estimate of drug-likeness (QED) is 0.567. The van der Waals surface area contributed by atoms with Crippen LogP contribution in [0.4, 0.5) is 0 Å². The smallest absolute Gasteiger partial charge is 0.323 e. The van der Waals surface area contributed by atoms with Crippen molar-refractivity contribution in [2.75, 3.05) is 0 Å². The van der Waals surface area contributed by atoms with Gasteiger partial charge in [-0.1, -0.05) is 0 Å². The molecule has 0 aromatic heterocycles. The highest BCUT2D eigenvalue weighted by Gasteiger charge is 2.46. The minimum atomic E-state index is -0.589. The van der Waals surface area contributed by atoms with Gasteiger partial charge in [0.2, 0.25) is 0 Å². The van der Waals surface area contributed by atoms with Gasteiger partial charge in [0.05, 0.1) is 0 Å². The van der Waals surface area contributed by atoms with Crippen molar-refractivity contribution >= 4 is 5.97 Å². The van der Waals surface area contributed by atoms with E-state index in [-0.39, 0.29) is 11.5 Å². The monoisotopic (exact) mass is 270 g/mol. The predicted octanol–water partition coefficient (Wildman–Crippen LogP) is 2.23. The number of phenolic OH excluding ortho intramolecular Hbond substituents is 2. The maximum absolute atomic E-state index is 12.2. The van der Waals surface area contributed by atoms with Gasteiger partial charge in [-0.3, -0.25) is 4.79 Å². The first-order chi connectivity index (χ1) is 9.63. The first-order valence-corrected chi connectivity index (χ1v) is 6.17. The van der Waals surface area contributed by atoms with Crippen LogP contribution >= 0.6 is 0 Å². The molecular formula is C15H10O5. The summed E-state index contributed by atoms with van der Waals surface area (Å²) in [5.74, 6) is -0.0454. The SMILES string of the molecule is O=C1Oc2cc(O)ccc2[C@@H]2Oc3ccc(O)cc3[C@@H]12. The zero-order valence-electron chi connectivity index (χ0n) is 10.2. The number of hydrogen-bond acceptors (Lipinski definition) is 5. The van der Waals surface area contributed by atoms with Crippen molar-refractivity contribution in [1.29, 1.82) is 0 Å². The van der Waals surface area contributed by atoms with E-state index >= 15 is 0 Å². The summed E-state index contributed by atoms with van der Waals surface area (Å²) in [6.07, 6.45) is -0.483. The van der Waals surface area contributed by atoms with Crippen LogP contribution in [0.1, 0.15) is 23.1 Å². The van der Waals surface area contributed by atoms with Gasteiger partial charge in [0.1, 0.15) is 35.0 Å². The van der Waals surface area contributed by atoms with Crippen molar-refractivity contribution in [3.63, 3.8) is 0 Å². The maximum Gasteiger partial charge on any atom is 0.323 e. The van der Waals surface area contributed by atoms with Crippen LogP contribution < -0.4 is 9.47 Å². The highest BCUT2D eigenvalue weighted by atomic mass is 16.6. The highest BCUT2D eigenvalue weighted by molar-refractivity contribution is 5.86. The van der Waals surface area contributed by atoms with Crippen molar-refractivity contribution in [3.05, 3.63) is 47.5 Å². The summed E-state index contributed by atoms with van der Waals surface area (Å²) in [7, 11) is 0. The molecule has 0 aliphatic carbocycles. The molecular weight excluding hydrogens is 260 g/mol. The molecule has 0 unspecified atom stereocenters. The Morgan fingerprint density at radius 3 is 2.50 bits per heavy atom. The van der Waals surface area contributed by atoms with Crippen molar-refractivity contribution < 1.29 is 24.5 Å². The second-order valence-electron chi connectivity index (χ2n) is 4.88. The fourth-order valence-electron chi connectivity index (χ4n) is 2.77. The van der Waals surface area contributed by atoms with Gasteiger partial charge in [0.15, 0.2) is 0 Å². The largest absolute Gasteiger partial charge is 0.508 e. The second-order valence-corrected chi connectivity index (χ2v) is 4.88. The van der Waals surface area contributed by atoms with E-state index in [4.69, 9.17) is 9.47 Å². The van der Waals surface area contributed by atoms with Crippen LogP contribution in [-0.4, -0.2) is 16.2 Å². The number of aromatic hydroxyl groups is 2. The zero-order valence-corrected chi connectivity index (χ0v) is 10.2. The Morgan fingerprint density at radius 1 is 0.900 bits per heavy atom. The lowest BCUT2D eigenvalue weighted by Gasteiger charge is -2.25. The van der Waals surface area contributed by atoms with Crippen LogP contribution in [0.15, 0.2) is 36.4 Å². The number of fused-ring (bicyclic) bond motifs is 5. The molecule has 0 radical (unpaired) electrons. The van der Waals surface area contributed by atoms with Crippen molar-refractivity contribution in [1.82, 2.24) is 0 Å². The predicted molar refractivity (Wildman–Crippen MR) is 68.0 cm³/mol. The van der Waals surface area contributed by atoms with Gasteiger partial charge in [0, 0.05) is 17.2 Å². The van der Waals surface area contributed by atoms with Gasteiger partial charge in [-0.05, 0) is 30.3 Å². The summed E-state index contributed by atoms with van der Waals surface area (Å²) in [6, 6.07) is 9.27. The summed E-state index contributed by atoms with van der Waals surface area (Å²) >= 11 is 0. The first-order valence-electron chi connectivity index (χ1n) is 6.17. The second kappa shape index (κ2) is 3.66. The molecule has 5 heteroatoms. The van der Waals surface area contributed by atoms with Gasteiger partial charge in [0.25, 0.3) is 0 Å². The number of hydrogen-bond donors (Lipinski definition) is 2. The molecule has 0 amide bonds. The Hall–Kier alpha value is -2.69. The number of esters is 1. The number of ether oxygens (including phenoxy) is 2. The van der Waals surface area contributed by atoms with Crippen LogP contribution in [0.2, 0.25) is 0 Å². The summed E-state index contributed by atoms with van der Waals surface area (Å²) in [4.78, 5) is 12.2. The third kappa shape index (κ3) is 1.40. The van der Waals surface area contributed by atoms with Crippen molar-refractivity contribution in [3.8, 4) is 23.0 Å². The molecule has 5 nitrogen and oxygen atoms in total. The van der Waals surface area contributed by atoms with Gasteiger partial charge in [-0.2, -0.15) is 0 Å². The van der Waals surface area contributed by atoms with Gasteiger partial charge >= 0.3 is 5.97 Å². The molecule has 2 aromatic carbocycles. The Kier molecular flexibility index (Phi) is 2.04. The number of phenols is 2. The summed E-state index contributed by atoms with van der Waals surface area (Å²) in [5, 5.41) is 19.0. The van der Waals surface area contributed by atoms with E-state index in [9.17, 15) is 15.0 Å². The number of carbonyl (C=O) groups is 1. The summed E-state index contributed by atoms with van der Waals surface area (Å²) in [6.45, 7) is 0. The van der Waals surface area contributed by atoms with E-state index in [1.54, 1.807) is 12.1 Å². The molecule has 2 aliphatic rings. The Bertz CT molecular complexity index is 737. The van der Waals surface area contributed by atoms with Gasteiger partial charge in [-0.25, -0.2) is 0 Å². The van der Waals surface area contributed by atoms with E-state index in [0.29, 0.717) is 22.6 Å². The van der Waals surface area contributed by atoms with Crippen molar-refractivity contribution in [2.45, 2.75) is 12.0 Å². The average Bonchev–Trinajstić information content (AvgIpc) is 2.77. The highest BCUT2D eigenvalue weighted by Crippen LogP contribution is 2.52. The van der Waals surface area contributed by atoms with Crippen LogP contribution in [0.3, 0.4) is 0 Å². The molecule has 0 spiro atoms. The Labute approximate surface area is 114 Å². The van der Waals surface area contributed by atoms with E-state index < -0.39 is 18.0 Å². The molecule has 20 heavy (non-hydrogen) atoms. The lowest BCUT2D eigenvalue weighted by molar-refractivity contribution is -0.139. The van der Waals surface area contributed by atoms with Crippen molar-refractivity contribution in [2.24, 2.45) is 0 Å². The van der Waals surface area contributed by atoms with E-state index in [0.717, 1.165) is 0 Å². The Balaban J connectivity index is 1.88. The van der Waals surface area contributed by atoms with Gasteiger partial charge < -0.3 is 19.7 Å². The molecule has 100 valence electrons. The number of rotatable bonds is 0. The van der Waals surface area contributed by atoms with E-state index in [1.165, 1.54) is 24.3 Å². The first kappa shape index (κ1) is 11.2. The lowest BCUT2D eigenvalue weighted by Crippen LogP contribution is -2.28. The molecule has 4 rings (SSSR count). The molecule has 0 bridgehead atoms. The average molecular weight is 270 g/mol. The van der Waals surface area contributed by atoms with Crippen LogP contribution in [0, 0.1) is 0 Å².